The highest BCUT2D eigenvalue weighted by Crippen LogP contribution is 2.45. The van der Waals surface area contributed by atoms with Crippen LogP contribution in [0.4, 0.5) is 0 Å². The van der Waals surface area contributed by atoms with Gasteiger partial charge in [-0.05, 0) is 146 Å². The fourth-order valence-corrected chi connectivity index (χ4v) is 20.0. The Labute approximate surface area is 636 Å². The smallest absolute Gasteiger partial charge is 0.179 e. The summed E-state index contributed by atoms with van der Waals surface area (Å²) in [5, 5.41) is -7.46. The second kappa shape index (κ2) is 25.5. The largest absolute Gasteiger partial charge is 0.457 e. The third kappa shape index (κ3) is 11.1. The molecule has 0 aliphatic heterocycles. The van der Waals surface area contributed by atoms with Crippen molar-refractivity contribution >= 4 is 90.5 Å². The number of hydrogen-bond donors (Lipinski definition) is 0. The molecule has 16 rings (SSSR count). The number of nitrogens with zero attached hydrogens (tertiary/aromatic N) is 4. The van der Waals surface area contributed by atoms with Crippen LogP contribution in [0, 0.1) is 0 Å². The summed E-state index contributed by atoms with van der Waals surface area (Å²) in [6, 6.07) is -16.0. The molecule has 0 fully saturated rings. The maximum Gasteiger partial charge on any atom is 0.179 e. The van der Waals surface area contributed by atoms with Crippen molar-refractivity contribution in [3.8, 4) is 56.4 Å². The Hall–Kier alpha value is -11.5. The summed E-state index contributed by atoms with van der Waals surface area (Å²) in [5.74, 6) is 1.09. The molecule has 3 heterocycles. The van der Waals surface area contributed by atoms with E-state index in [0.29, 0.717) is 17.1 Å². The highest BCUT2D eigenvalue weighted by molar-refractivity contribution is 7.20. The highest BCUT2D eigenvalue weighted by atomic mass is 28.3. The van der Waals surface area contributed by atoms with Gasteiger partial charge in [0.05, 0.1) is 79.8 Å². The van der Waals surface area contributed by atoms with Gasteiger partial charge in [0.2, 0.25) is 0 Å². The number of pyridine rings is 1. The molecule has 0 saturated heterocycles. The van der Waals surface area contributed by atoms with E-state index in [0.717, 1.165) is 21.9 Å². The first-order valence-corrected chi connectivity index (χ1v) is 35.2. The summed E-state index contributed by atoms with van der Waals surface area (Å²) >= 11 is 0. The second-order valence-electron chi connectivity index (χ2n) is 25.3. The van der Waals surface area contributed by atoms with Crippen LogP contribution in [0.5, 0.6) is 11.5 Å². The predicted molar refractivity (Wildman–Crippen MR) is 421 cm³/mol. The quantitative estimate of drug-likeness (QED) is 0.0759. The topological polar surface area (TPSA) is 44.9 Å². The summed E-state index contributed by atoms with van der Waals surface area (Å²) in [6.45, 7) is 11.3. The average Bonchev–Trinajstić information content (AvgIpc) is 0.968. The molecular weight excluding hydrogens is 1230 g/mol. The van der Waals surface area contributed by atoms with Crippen LogP contribution < -0.4 is 46.2 Å². The number of fused-ring (bicyclic) bond motifs is 4. The molecule has 13 aromatic carbocycles. The van der Waals surface area contributed by atoms with Gasteiger partial charge < -0.3 is 4.74 Å². The second-order valence-corrected chi connectivity index (χ2v) is 32.3. The van der Waals surface area contributed by atoms with Gasteiger partial charge in [0.15, 0.2) is 16.1 Å². The van der Waals surface area contributed by atoms with E-state index >= 15 is 0 Å². The van der Waals surface area contributed by atoms with E-state index < -0.39 is 309 Å². The van der Waals surface area contributed by atoms with Gasteiger partial charge in [-0.15, -0.1) is 0 Å². The molecule has 0 aliphatic rings. The molecule has 0 atom stereocenters. The lowest BCUT2D eigenvalue weighted by molar-refractivity contribution is 0.483. The molecule has 3 aromatic heterocycles. The number of para-hydroxylation sites is 1. The minimum absolute atomic E-state index is 0.0945. The van der Waals surface area contributed by atoms with Crippen LogP contribution in [-0.2, 0) is 10.8 Å². The fraction of sp³-hybridized carbons (Fsp3) is 0.0870. The van der Waals surface area contributed by atoms with Gasteiger partial charge in [0, 0.05) is 34.7 Å². The molecule has 16 aromatic rings. The lowest BCUT2D eigenvalue weighted by Crippen LogP contribution is -2.74. The van der Waals surface area contributed by atoms with Crippen LogP contribution in [0.1, 0.15) is 105 Å². The Morgan fingerprint density at radius 1 is 0.374 bits per heavy atom. The van der Waals surface area contributed by atoms with E-state index in [-0.39, 0.29) is 50.1 Å². The number of benzene rings is 13. The Bertz CT molecular complexity index is 7530. The summed E-state index contributed by atoms with van der Waals surface area (Å²) < 4.78 is 379. The van der Waals surface area contributed by atoms with Crippen molar-refractivity contribution in [2.24, 2.45) is 0 Å². The number of rotatable bonds is 15. The van der Waals surface area contributed by atoms with Crippen LogP contribution in [-0.4, -0.2) is 35.2 Å². The molecule has 478 valence electrons. The van der Waals surface area contributed by atoms with E-state index in [2.05, 4.69) is 20.8 Å². The van der Waals surface area contributed by atoms with Gasteiger partial charge in [0.25, 0.3) is 0 Å². The number of ether oxygens (including phenoxy) is 1. The Morgan fingerprint density at radius 3 is 1.43 bits per heavy atom. The Balaban J connectivity index is 1.09. The third-order valence-corrected chi connectivity index (χ3v) is 25.4. The summed E-state index contributed by atoms with van der Waals surface area (Å²) in [4.78, 5) is 9.95. The lowest BCUT2D eigenvalue weighted by atomic mass is 9.78. The molecule has 0 spiro atoms. The van der Waals surface area contributed by atoms with Crippen molar-refractivity contribution in [1.29, 1.82) is 0 Å². The van der Waals surface area contributed by atoms with Crippen LogP contribution >= 0.6 is 0 Å². The summed E-state index contributed by atoms with van der Waals surface area (Å²) in [6.07, 6.45) is 3.04. The Kier molecular flexibility index (Phi) is 8.54. The minimum Gasteiger partial charge on any atom is -0.457 e. The first-order valence-electron chi connectivity index (χ1n) is 50.2. The van der Waals surface area contributed by atoms with Gasteiger partial charge in [-0.1, -0.05) is 314 Å². The van der Waals surface area contributed by atoms with E-state index in [4.69, 9.17) is 22.9 Å². The lowest BCUT2D eigenvalue weighted by Gasteiger charge is -2.35. The SMILES string of the molecule is [2H]c1c([2H])c([2H])c([Si](c2c([2H])c([2H])c([2H])c([2H])c2[2H])(c2c([2H])c([2H])c([2H])c([2H])c2[2H])c2c([2H])c([2H])c([2H])c(-c3cc(-c4c(-c5c([2H])c([2H])c([2H])c([Si](c6c([2H])c([2H])c([2H])c([2H])c6[2H])(c6c([2H])c([2H])c([2H])c([2H])c6[2H])c6c([2H])c([2H])c([2H])c([2H])c6[2H])c5[2H])cccc4C(C)(C)C)c4ncn(-c5cccc(Oc6ccc7c8ccccc8n(-c8cc(C(C)(C)C)ccn8)c7c6)c5)c4c3)c2[2H])c([2H])c1[2H]. The van der Waals surface area contributed by atoms with Crippen LogP contribution in [0.25, 0.3) is 77.7 Å². The van der Waals surface area contributed by atoms with Crippen molar-refractivity contribution in [1.82, 2.24) is 19.1 Å². The van der Waals surface area contributed by atoms with Crippen molar-refractivity contribution < 1.29 is 56.8 Å². The number of imidazole rings is 1. The zero-order valence-electron chi connectivity index (χ0n) is 91.7. The maximum absolute atomic E-state index is 11.2. The summed E-state index contributed by atoms with van der Waals surface area (Å²) in [5.41, 5.74) is -1.80. The van der Waals surface area contributed by atoms with E-state index in [9.17, 15) is 43.9 Å². The van der Waals surface area contributed by atoms with E-state index in [1.165, 1.54) is 35.2 Å². The van der Waals surface area contributed by atoms with Crippen molar-refractivity contribution in [3.63, 3.8) is 0 Å². The molecule has 5 nitrogen and oxygen atoms in total. The molecule has 0 amide bonds. The Morgan fingerprint density at radius 2 is 0.879 bits per heavy atom. The molecule has 99 heavy (non-hydrogen) atoms. The van der Waals surface area contributed by atoms with Crippen molar-refractivity contribution in [2.45, 2.75) is 52.4 Å². The minimum atomic E-state index is -6.60. The predicted octanol–water partition coefficient (Wildman–Crippen LogP) is 17.7. The first kappa shape index (κ1) is 33.2. The van der Waals surface area contributed by atoms with E-state index in [1.54, 1.807) is 63.4 Å². The zero-order chi connectivity index (χ0) is 100. The average molecular weight is 1350 g/mol. The molecule has 0 N–H and O–H groups in total. The fourth-order valence-electron chi connectivity index (χ4n) is 12.9. The number of aromatic nitrogens is 4. The van der Waals surface area contributed by atoms with Crippen LogP contribution in [0.3, 0.4) is 0 Å². The maximum atomic E-state index is 11.2. The van der Waals surface area contributed by atoms with Gasteiger partial charge in [-0.2, -0.15) is 0 Å². The monoisotopic (exact) mass is 1350 g/mol. The molecule has 7 heteroatoms. The van der Waals surface area contributed by atoms with Crippen LogP contribution in [0.2, 0.25) is 0 Å². The molecular formula is C92H76N4OSi2. The molecule has 0 radical (unpaired) electrons. The van der Waals surface area contributed by atoms with Crippen LogP contribution in [0.15, 0.2) is 351 Å². The third-order valence-electron chi connectivity index (χ3n) is 17.4. The molecule has 0 unspecified atom stereocenters. The van der Waals surface area contributed by atoms with Gasteiger partial charge >= 0.3 is 0 Å². The first-order chi connectivity index (χ1) is 64.1. The standard InChI is InChI=1S/C92H76N4OSi2/c1-91(2,3)68-55-56-93-88(61-68)96-85-52-26-25-49-81(85)82-54-53-71(63-86(82)96)97-70-34-29-33-69(62-70)95-64-94-90-83(59-67(60-87(90)95)65-31-27-47-78(57-65)98(72-35-13-7-14-36-72,73-37-15-8-16-38-73)74-39-17-9-18-40-74)89-80(50-30-51-84(89)92(4,5)6)66-32-28-48-79(58-66)99(75-41-19-10-20-42-75,76-43-21-11-22-44-76)77-45-23-12-24-46-77/h7-64H,1-6H3/i7D,8D,9D,10D,11D,12D,13D,14D,15D,16D,17D,18D,19D,20D,21D,22D,23D,24D,27D,28D,31D,32D,35D,36D,37D,38D,39D,40D,41D,42D,43D,44D,45D,46D,47D,48D,57D,58D. The normalized spacial score (nSPS) is 17.5. The summed E-state index contributed by atoms with van der Waals surface area (Å²) in [7, 11) is -13.2. The highest BCUT2D eigenvalue weighted by Gasteiger charge is 2.43. The molecule has 0 bridgehead atoms. The van der Waals surface area contributed by atoms with Gasteiger partial charge in [-0.25, -0.2) is 9.97 Å². The molecule has 0 saturated carbocycles. The number of hydrogen-bond acceptors (Lipinski definition) is 3. The van der Waals surface area contributed by atoms with Gasteiger partial charge in [0.1, 0.15) is 23.6 Å². The van der Waals surface area contributed by atoms with Crippen molar-refractivity contribution in [2.75, 3.05) is 0 Å². The molecule has 0 aliphatic carbocycles. The van der Waals surface area contributed by atoms with Crippen molar-refractivity contribution in [3.05, 3.63) is 362 Å². The zero-order valence-corrected chi connectivity index (χ0v) is 55.7. The van der Waals surface area contributed by atoms with Gasteiger partial charge in [-0.3, -0.25) is 9.13 Å². The van der Waals surface area contributed by atoms with E-state index in [1.807, 2.05) is 53.1 Å².